The van der Waals surface area contributed by atoms with E-state index in [4.69, 9.17) is 14.6 Å². The lowest BCUT2D eigenvalue weighted by atomic mass is 9.74. The molecule has 1 spiro atoms. The van der Waals surface area contributed by atoms with Crippen LogP contribution < -0.4 is 4.72 Å². The fourth-order valence-corrected chi connectivity index (χ4v) is 5.20. The molecule has 0 amide bonds. The number of nitrogens with zero attached hydrogens (tertiary/aromatic N) is 3. The third-order valence-electron chi connectivity index (χ3n) is 5.70. The van der Waals surface area contributed by atoms with Gasteiger partial charge in [-0.3, -0.25) is 14.8 Å². The van der Waals surface area contributed by atoms with Gasteiger partial charge in [-0.05, 0) is 12.8 Å². The maximum absolute atomic E-state index is 11.4. The molecule has 3 fully saturated rings. The second-order valence-corrected chi connectivity index (χ2v) is 9.31. The maximum atomic E-state index is 11.4. The standard InChI is InChI=1S/C15H25N5O3S.CH2O2/c1-3-13-17-14(19-18-13)8-20-7-11-10(6-16-24(2,21)22)12-4-5-15(11,9-20)23-12;2-1-3/h10-12,16H,3-9H2,1-2H3,(H,17,18,19);1H,(H,2,3)/t10-,11+,12+,15+;/m0./s1. The van der Waals surface area contributed by atoms with Gasteiger partial charge in [0.1, 0.15) is 11.6 Å². The Morgan fingerprint density at radius 1 is 1.52 bits per heavy atom. The van der Waals surface area contributed by atoms with Crippen molar-refractivity contribution in [1.82, 2.24) is 24.8 Å². The molecule has 3 aliphatic heterocycles. The number of ether oxygens (including phenoxy) is 1. The molecule has 11 heteroatoms. The molecule has 3 aliphatic rings. The van der Waals surface area contributed by atoms with Gasteiger partial charge in [-0.15, -0.1) is 0 Å². The fourth-order valence-electron chi connectivity index (χ4n) is 4.70. The van der Waals surface area contributed by atoms with Crippen LogP contribution >= 0.6 is 0 Å². The summed E-state index contributed by atoms with van der Waals surface area (Å²) < 4.78 is 31.9. The van der Waals surface area contributed by atoms with Crippen LogP contribution in [-0.2, 0) is 32.5 Å². The van der Waals surface area contributed by atoms with Gasteiger partial charge in [0.25, 0.3) is 6.47 Å². The number of sulfonamides is 1. The second-order valence-electron chi connectivity index (χ2n) is 7.48. The zero-order chi connectivity index (χ0) is 19.7. The van der Waals surface area contributed by atoms with Crippen molar-refractivity contribution < 1.29 is 23.1 Å². The second kappa shape index (κ2) is 7.82. The van der Waals surface area contributed by atoms with Gasteiger partial charge in [-0.2, -0.15) is 5.10 Å². The lowest BCUT2D eigenvalue weighted by Crippen LogP contribution is -2.41. The van der Waals surface area contributed by atoms with Gasteiger partial charge in [-0.25, -0.2) is 18.1 Å². The average molecular weight is 401 g/mol. The Hall–Kier alpha value is -1.56. The number of nitrogens with one attached hydrogen (secondary N) is 2. The first-order valence-corrected chi connectivity index (χ1v) is 11.0. The van der Waals surface area contributed by atoms with E-state index in [0.29, 0.717) is 12.5 Å². The van der Waals surface area contributed by atoms with Crippen LogP contribution in [0.5, 0.6) is 0 Å². The molecule has 2 bridgehead atoms. The van der Waals surface area contributed by atoms with Crippen molar-refractivity contribution in [2.45, 2.75) is 44.4 Å². The minimum absolute atomic E-state index is 0.0951. The van der Waals surface area contributed by atoms with Gasteiger partial charge in [0.05, 0.1) is 24.5 Å². The van der Waals surface area contributed by atoms with Gasteiger partial charge in [0.15, 0.2) is 0 Å². The van der Waals surface area contributed by atoms with Crippen molar-refractivity contribution in [2.24, 2.45) is 11.8 Å². The highest BCUT2D eigenvalue weighted by Gasteiger charge is 2.62. The number of H-pyrrole nitrogens is 1. The minimum atomic E-state index is -3.16. The Labute approximate surface area is 158 Å². The van der Waals surface area contributed by atoms with Gasteiger partial charge < -0.3 is 9.84 Å². The lowest BCUT2D eigenvalue weighted by molar-refractivity contribution is -0.122. The quantitative estimate of drug-likeness (QED) is 0.547. The predicted octanol–water partition coefficient (Wildman–Crippen LogP) is -0.403. The van der Waals surface area contributed by atoms with Crippen LogP contribution in [0.15, 0.2) is 0 Å². The average Bonchev–Trinajstić information content (AvgIpc) is 3.32. The molecular weight excluding hydrogens is 374 g/mol. The number of rotatable bonds is 6. The Morgan fingerprint density at radius 2 is 2.26 bits per heavy atom. The van der Waals surface area contributed by atoms with Crippen LogP contribution in [0.2, 0.25) is 0 Å². The van der Waals surface area contributed by atoms with Crippen molar-refractivity contribution in [3.05, 3.63) is 11.6 Å². The van der Waals surface area contributed by atoms with Crippen LogP contribution in [0.1, 0.15) is 31.4 Å². The molecule has 0 unspecified atom stereocenters. The molecule has 1 aromatic rings. The highest BCUT2D eigenvalue weighted by molar-refractivity contribution is 7.88. The molecule has 4 heterocycles. The van der Waals surface area contributed by atoms with Crippen molar-refractivity contribution in [3.8, 4) is 0 Å². The number of hydrogen-bond donors (Lipinski definition) is 3. The molecule has 3 saturated heterocycles. The maximum Gasteiger partial charge on any atom is 0.290 e. The Bertz CT molecular complexity index is 769. The summed E-state index contributed by atoms with van der Waals surface area (Å²) in [7, 11) is -3.16. The number of fused-ring (bicyclic) bond motifs is 1. The molecule has 152 valence electrons. The van der Waals surface area contributed by atoms with Crippen LogP contribution in [0.4, 0.5) is 0 Å². The summed E-state index contributed by atoms with van der Waals surface area (Å²) >= 11 is 0. The summed E-state index contributed by atoms with van der Waals surface area (Å²) in [5, 5.41) is 14.1. The van der Waals surface area contributed by atoms with E-state index in [1.165, 1.54) is 6.26 Å². The van der Waals surface area contributed by atoms with Gasteiger partial charge in [0, 0.05) is 37.9 Å². The molecule has 0 aromatic carbocycles. The first-order valence-electron chi connectivity index (χ1n) is 9.13. The van der Waals surface area contributed by atoms with E-state index in [2.05, 4.69) is 24.8 Å². The number of aromatic nitrogens is 3. The third-order valence-corrected chi connectivity index (χ3v) is 6.39. The number of carbonyl (C=O) groups is 1. The van der Waals surface area contributed by atoms with Gasteiger partial charge >= 0.3 is 0 Å². The largest absolute Gasteiger partial charge is 0.483 e. The van der Waals surface area contributed by atoms with E-state index in [9.17, 15) is 8.42 Å². The fraction of sp³-hybridized carbons (Fsp3) is 0.812. The van der Waals surface area contributed by atoms with E-state index in [0.717, 1.165) is 50.5 Å². The van der Waals surface area contributed by atoms with E-state index >= 15 is 0 Å². The summed E-state index contributed by atoms with van der Waals surface area (Å²) in [5.74, 6) is 2.39. The SMILES string of the molecule is CCc1n[nH]c(CN2C[C@@H]3[C@H](CNS(C)(=O)=O)[C@H]4CC[C@]3(C2)O4)n1.O=CO. The summed E-state index contributed by atoms with van der Waals surface area (Å²) in [6.07, 6.45) is 4.34. The Morgan fingerprint density at radius 3 is 2.89 bits per heavy atom. The number of aromatic amines is 1. The zero-order valence-corrected chi connectivity index (χ0v) is 16.4. The topological polar surface area (TPSA) is 138 Å². The zero-order valence-electron chi connectivity index (χ0n) is 15.6. The number of hydrogen-bond acceptors (Lipinski definition) is 7. The summed E-state index contributed by atoms with van der Waals surface area (Å²) in [4.78, 5) is 15.2. The van der Waals surface area contributed by atoms with Gasteiger partial charge in [-0.1, -0.05) is 6.92 Å². The van der Waals surface area contributed by atoms with Crippen LogP contribution in [0, 0.1) is 11.8 Å². The summed E-state index contributed by atoms with van der Waals surface area (Å²) in [6, 6.07) is 0. The number of likely N-dealkylation sites (tertiary alicyclic amines) is 1. The van der Waals surface area contributed by atoms with Crippen molar-refractivity contribution in [3.63, 3.8) is 0 Å². The number of carboxylic acid groups (broad SMARTS) is 1. The van der Waals surface area contributed by atoms with Crippen molar-refractivity contribution in [2.75, 3.05) is 25.9 Å². The molecule has 4 atom stereocenters. The highest BCUT2D eigenvalue weighted by Crippen LogP contribution is 2.54. The Balaban J connectivity index is 0.000000659. The molecule has 0 aliphatic carbocycles. The monoisotopic (exact) mass is 401 g/mol. The molecule has 10 nitrogen and oxygen atoms in total. The third kappa shape index (κ3) is 4.31. The van der Waals surface area contributed by atoms with E-state index in [1.54, 1.807) is 0 Å². The smallest absolute Gasteiger partial charge is 0.290 e. The van der Waals surface area contributed by atoms with Crippen molar-refractivity contribution in [1.29, 1.82) is 0 Å². The highest BCUT2D eigenvalue weighted by atomic mass is 32.2. The predicted molar refractivity (Wildman–Crippen MR) is 96.4 cm³/mol. The van der Waals surface area contributed by atoms with Crippen LogP contribution in [-0.4, -0.2) is 77.7 Å². The summed E-state index contributed by atoms with van der Waals surface area (Å²) in [6.45, 7) is 4.83. The summed E-state index contributed by atoms with van der Waals surface area (Å²) in [5.41, 5.74) is -0.0951. The van der Waals surface area contributed by atoms with Crippen LogP contribution in [0.3, 0.4) is 0 Å². The molecule has 0 saturated carbocycles. The van der Waals surface area contributed by atoms with Crippen LogP contribution in [0.25, 0.3) is 0 Å². The first kappa shape index (κ1) is 20.2. The Kier molecular flexibility index (Phi) is 5.84. The van der Waals surface area contributed by atoms with Crippen molar-refractivity contribution >= 4 is 16.5 Å². The molecule has 3 N–H and O–H groups in total. The molecule has 4 rings (SSSR count). The molecule has 0 radical (unpaired) electrons. The first-order chi connectivity index (χ1) is 12.8. The molecular formula is C16H27N5O5S. The number of aryl methyl sites for hydroxylation is 1. The van der Waals surface area contributed by atoms with E-state index < -0.39 is 10.0 Å². The molecule has 27 heavy (non-hydrogen) atoms. The minimum Gasteiger partial charge on any atom is -0.483 e. The normalized spacial score (nSPS) is 32.1. The lowest BCUT2D eigenvalue weighted by Gasteiger charge is -2.29. The van der Waals surface area contributed by atoms with E-state index in [-0.39, 0.29) is 24.1 Å². The van der Waals surface area contributed by atoms with E-state index in [1.807, 2.05) is 6.92 Å². The molecule has 1 aromatic heterocycles. The van der Waals surface area contributed by atoms with Gasteiger partial charge in [0.2, 0.25) is 10.0 Å².